The number of thiophene rings is 1. The zero-order valence-electron chi connectivity index (χ0n) is 17.0. The highest BCUT2D eigenvalue weighted by Crippen LogP contribution is 2.31. The number of ether oxygens (including phenoxy) is 1. The summed E-state index contributed by atoms with van der Waals surface area (Å²) < 4.78 is 7.05. The highest BCUT2D eigenvalue weighted by molar-refractivity contribution is 7.13. The van der Waals surface area contributed by atoms with Gasteiger partial charge in [-0.25, -0.2) is 9.97 Å². The van der Waals surface area contributed by atoms with Gasteiger partial charge in [-0.15, -0.1) is 11.3 Å². The third-order valence-electron chi connectivity index (χ3n) is 5.18. The summed E-state index contributed by atoms with van der Waals surface area (Å²) >= 11 is 1.55. The van der Waals surface area contributed by atoms with Crippen molar-refractivity contribution in [2.24, 2.45) is 0 Å². The second kappa shape index (κ2) is 8.24. The van der Waals surface area contributed by atoms with Crippen LogP contribution in [0.3, 0.4) is 0 Å². The van der Waals surface area contributed by atoms with Crippen molar-refractivity contribution in [1.82, 2.24) is 14.4 Å². The maximum absolute atomic E-state index is 11.0. The second-order valence-electron chi connectivity index (χ2n) is 7.28. The smallest absolute Gasteiger partial charge is 0.219 e. The predicted octanol–water partition coefficient (Wildman–Crippen LogP) is 5.35. The minimum atomic E-state index is 0.149. The van der Waals surface area contributed by atoms with E-state index in [4.69, 9.17) is 14.7 Å². The summed E-state index contributed by atoms with van der Waals surface area (Å²) in [4.78, 5) is 10.8. The maximum atomic E-state index is 11.0. The van der Waals surface area contributed by atoms with E-state index in [0.29, 0.717) is 24.2 Å². The van der Waals surface area contributed by atoms with Gasteiger partial charge in [0.15, 0.2) is 10.7 Å². The van der Waals surface area contributed by atoms with Gasteiger partial charge in [-0.05, 0) is 17.7 Å². The van der Waals surface area contributed by atoms with Gasteiger partial charge < -0.3 is 9.84 Å². The molecule has 5 rings (SSSR count). The zero-order valence-corrected chi connectivity index (χ0v) is 17.8. The van der Waals surface area contributed by atoms with E-state index in [0.717, 1.165) is 32.5 Å². The van der Waals surface area contributed by atoms with Crippen molar-refractivity contribution in [3.63, 3.8) is 0 Å². The fraction of sp³-hybridized carbons (Fsp3) is 0.120. The summed E-state index contributed by atoms with van der Waals surface area (Å²) in [6.45, 7) is 0. The standard InChI is InChI=1S/C25H21N3O2S/c1-30-23-13-12-19(31-23)15-21-25(29)28-16-22(18-10-6-3-7-11-18)26-20(24(28)27-21)14-17-8-4-2-5-9-17/h2-13,16,29H,14-15H2,1H3. The average molecular weight is 428 g/mol. The fourth-order valence-corrected chi connectivity index (χ4v) is 4.47. The molecule has 0 amide bonds. The van der Waals surface area contributed by atoms with Crippen molar-refractivity contribution >= 4 is 17.0 Å². The van der Waals surface area contributed by atoms with Gasteiger partial charge in [-0.2, -0.15) is 0 Å². The molecule has 0 unspecified atom stereocenters. The van der Waals surface area contributed by atoms with Crippen LogP contribution in [0.4, 0.5) is 0 Å². The van der Waals surface area contributed by atoms with Crippen molar-refractivity contribution in [1.29, 1.82) is 0 Å². The van der Waals surface area contributed by atoms with Crippen LogP contribution in [-0.4, -0.2) is 26.6 Å². The van der Waals surface area contributed by atoms with Gasteiger partial charge >= 0.3 is 0 Å². The molecule has 0 aliphatic rings. The van der Waals surface area contributed by atoms with E-state index in [9.17, 15) is 5.11 Å². The van der Waals surface area contributed by atoms with Crippen LogP contribution in [0, 0.1) is 0 Å². The van der Waals surface area contributed by atoms with Crippen LogP contribution in [0.25, 0.3) is 16.9 Å². The molecule has 0 radical (unpaired) electrons. The van der Waals surface area contributed by atoms with Crippen LogP contribution in [0.15, 0.2) is 79.0 Å². The number of aromatic hydroxyl groups is 1. The van der Waals surface area contributed by atoms with Crippen LogP contribution < -0.4 is 4.74 Å². The van der Waals surface area contributed by atoms with Crippen LogP contribution in [-0.2, 0) is 12.8 Å². The molecule has 2 aromatic carbocycles. The molecule has 6 heteroatoms. The third-order valence-corrected chi connectivity index (χ3v) is 6.23. The Bertz CT molecular complexity index is 1330. The minimum absolute atomic E-state index is 0.149. The molecule has 0 fully saturated rings. The van der Waals surface area contributed by atoms with Gasteiger partial charge in [0.25, 0.3) is 0 Å². The Hall–Kier alpha value is -3.64. The fourth-order valence-electron chi connectivity index (χ4n) is 3.65. The van der Waals surface area contributed by atoms with Crippen molar-refractivity contribution in [2.75, 3.05) is 7.11 Å². The molecule has 1 N–H and O–H groups in total. The molecular weight excluding hydrogens is 406 g/mol. The predicted molar refractivity (Wildman–Crippen MR) is 123 cm³/mol. The molecular formula is C25H21N3O2S. The summed E-state index contributed by atoms with van der Waals surface area (Å²) in [7, 11) is 1.66. The average Bonchev–Trinajstić information content (AvgIpc) is 3.40. The molecule has 0 saturated carbocycles. The lowest BCUT2D eigenvalue weighted by Crippen LogP contribution is -2.00. The summed E-state index contributed by atoms with van der Waals surface area (Å²) in [5, 5.41) is 11.9. The number of imidazole rings is 1. The third kappa shape index (κ3) is 3.90. The Morgan fingerprint density at radius 1 is 0.871 bits per heavy atom. The maximum Gasteiger partial charge on any atom is 0.219 e. The molecule has 0 aliphatic heterocycles. The van der Waals surface area contributed by atoms with Gasteiger partial charge in [0.2, 0.25) is 5.88 Å². The minimum Gasteiger partial charge on any atom is -0.493 e. The molecule has 3 heterocycles. The van der Waals surface area contributed by atoms with E-state index in [1.807, 2.05) is 66.9 Å². The first-order valence-corrected chi connectivity index (χ1v) is 10.8. The number of hydrogen-bond acceptors (Lipinski definition) is 5. The number of benzene rings is 2. The normalized spacial score (nSPS) is 11.1. The van der Waals surface area contributed by atoms with E-state index in [2.05, 4.69) is 12.1 Å². The highest BCUT2D eigenvalue weighted by atomic mass is 32.1. The van der Waals surface area contributed by atoms with Gasteiger partial charge in [0.1, 0.15) is 5.69 Å². The lowest BCUT2D eigenvalue weighted by Gasteiger charge is -2.08. The van der Waals surface area contributed by atoms with Crippen molar-refractivity contribution in [2.45, 2.75) is 12.8 Å². The molecule has 0 spiro atoms. The molecule has 0 saturated heterocycles. The lowest BCUT2D eigenvalue weighted by molar-refractivity contribution is 0.427. The molecule has 5 aromatic rings. The second-order valence-corrected chi connectivity index (χ2v) is 8.41. The molecule has 0 aliphatic carbocycles. The lowest BCUT2D eigenvalue weighted by atomic mass is 10.1. The summed E-state index contributed by atoms with van der Waals surface area (Å²) in [5.41, 5.74) is 5.09. The Kier molecular flexibility index (Phi) is 5.14. The summed E-state index contributed by atoms with van der Waals surface area (Å²) in [6, 6.07) is 24.1. The van der Waals surface area contributed by atoms with Gasteiger partial charge in [-0.1, -0.05) is 60.7 Å². The highest BCUT2D eigenvalue weighted by Gasteiger charge is 2.18. The monoisotopic (exact) mass is 427 g/mol. The number of methoxy groups -OCH3 is 1. The summed E-state index contributed by atoms with van der Waals surface area (Å²) in [6.07, 6.45) is 3.03. The van der Waals surface area contributed by atoms with Crippen molar-refractivity contribution in [3.05, 3.63) is 101 Å². The molecule has 154 valence electrons. The van der Waals surface area contributed by atoms with E-state index in [1.54, 1.807) is 22.8 Å². The van der Waals surface area contributed by atoms with E-state index in [-0.39, 0.29) is 5.88 Å². The van der Waals surface area contributed by atoms with Crippen LogP contribution in [0.5, 0.6) is 10.9 Å². The Morgan fingerprint density at radius 3 is 2.32 bits per heavy atom. The molecule has 0 atom stereocenters. The molecule has 5 nitrogen and oxygen atoms in total. The van der Waals surface area contributed by atoms with Gasteiger partial charge in [0.05, 0.1) is 18.5 Å². The Labute approximate surface area is 184 Å². The van der Waals surface area contributed by atoms with Crippen molar-refractivity contribution < 1.29 is 9.84 Å². The number of hydrogen-bond donors (Lipinski definition) is 1. The number of aromatic nitrogens is 3. The topological polar surface area (TPSA) is 59.7 Å². The SMILES string of the molecule is COc1ccc(Cc2nc3c(Cc4ccccc4)nc(-c4ccccc4)cn3c2O)s1. The molecule has 31 heavy (non-hydrogen) atoms. The zero-order chi connectivity index (χ0) is 21.2. The summed E-state index contributed by atoms with van der Waals surface area (Å²) in [5.74, 6) is 0.149. The van der Waals surface area contributed by atoms with Crippen LogP contribution in [0.2, 0.25) is 0 Å². The van der Waals surface area contributed by atoms with Gasteiger partial charge in [0, 0.05) is 29.5 Å². The largest absolute Gasteiger partial charge is 0.493 e. The van der Waals surface area contributed by atoms with E-state index < -0.39 is 0 Å². The van der Waals surface area contributed by atoms with Gasteiger partial charge in [-0.3, -0.25) is 4.40 Å². The van der Waals surface area contributed by atoms with E-state index in [1.165, 1.54) is 0 Å². The quantitative estimate of drug-likeness (QED) is 0.397. The molecule has 0 bridgehead atoms. The number of nitrogens with zero attached hydrogens (tertiary/aromatic N) is 3. The van der Waals surface area contributed by atoms with E-state index >= 15 is 0 Å². The first kappa shape index (κ1) is 19.3. The van der Waals surface area contributed by atoms with Crippen molar-refractivity contribution in [3.8, 4) is 22.2 Å². The Balaban J connectivity index is 1.63. The first-order valence-electron chi connectivity index (χ1n) is 10.0. The van der Waals surface area contributed by atoms with Crippen LogP contribution in [0.1, 0.15) is 21.8 Å². The Morgan fingerprint density at radius 2 is 1.61 bits per heavy atom. The van der Waals surface area contributed by atoms with Crippen LogP contribution >= 0.6 is 11.3 Å². The number of fused-ring (bicyclic) bond motifs is 1. The molecule has 3 aromatic heterocycles. The number of rotatable bonds is 6. The first-order chi connectivity index (χ1) is 15.2.